The molecule has 1 amide bonds. The van der Waals surface area contributed by atoms with Gasteiger partial charge in [0.1, 0.15) is 4.88 Å². The molecule has 1 aliphatic heterocycles. The Balaban J connectivity index is 1.92. The fourth-order valence-corrected chi connectivity index (χ4v) is 3.90. The second-order valence-corrected chi connectivity index (χ2v) is 8.13. The maximum atomic E-state index is 12.2. The highest BCUT2D eigenvalue weighted by atomic mass is 32.1. The maximum absolute atomic E-state index is 12.2. The molecule has 0 spiro atoms. The molecule has 0 aliphatic carbocycles. The van der Waals surface area contributed by atoms with E-state index in [1.165, 1.54) is 18.4 Å². The molecule has 6 heteroatoms. The zero-order valence-corrected chi connectivity index (χ0v) is 18.1. The molecule has 5 nitrogen and oxygen atoms in total. The minimum atomic E-state index is -0.572. The van der Waals surface area contributed by atoms with Gasteiger partial charge >= 0.3 is 5.97 Å². The van der Waals surface area contributed by atoms with Gasteiger partial charge in [-0.25, -0.2) is 4.79 Å². The molecule has 1 aromatic heterocycles. The van der Waals surface area contributed by atoms with Crippen LogP contribution < -0.4 is 0 Å². The number of rotatable bonds is 8. The number of hydrogen-bond donors (Lipinski definition) is 1. The van der Waals surface area contributed by atoms with Gasteiger partial charge in [0.15, 0.2) is 0 Å². The Morgan fingerprint density at radius 2 is 2.24 bits per heavy atom. The molecule has 29 heavy (non-hydrogen) atoms. The molecular weight excluding hydrogens is 386 g/mol. The Morgan fingerprint density at radius 1 is 1.45 bits per heavy atom. The van der Waals surface area contributed by atoms with Crippen molar-refractivity contribution in [2.45, 2.75) is 51.7 Å². The summed E-state index contributed by atoms with van der Waals surface area (Å²) in [5.41, 5.74) is 0. The molecule has 0 aromatic carbocycles. The predicted molar refractivity (Wildman–Crippen MR) is 116 cm³/mol. The molecule has 1 N–H and O–H groups in total. The number of thiophene rings is 1. The largest absolute Gasteiger partial charge is 0.465 e. The first-order chi connectivity index (χ1) is 14.0. The monoisotopic (exact) mass is 415 g/mol. The van der Waals surface area contributed by atoms with Crippen LogP contribution in [0, 0.1) is 17.8 Å². The van der Waals surface area contributed by atoms with E-state index in [4.69, 9.17) is 4.74 Å². The van der Waals surface area contributed by atoms with E-state index in [1.54, 1.807) is 12.1 Å². The lowest BCUT2D eigenvalue weighted by molar-refractivity contribution is -0.127. The van der Waals surface area contributed by atoms with Gasteiger partial charge in [0, 0.05) is 30.7 Å². The molecule has 1 aliphatic rings. The third-order valence-electron chi connectivity index (χ3n) is 4.81. The zero-order valence-electron chi connectivity index (χ0n) is 17.3. The molecule has 0 saturated carbocycles. The second kappa shape index (κ2) is 11.6. The number of amides is 1. The van der Waals surface area contributed by atoms with Crippen molar-refractivity contribution < 1.29 is 19.4 Å². The van der Waals surface area contributed by atoms with Gasteiger partial charge in [0.2, 0.25) is 5.91 Å². The smallest absolute Gasteiger partial charge is 0.348 e. The van der Waals surface area contributed by atoms with E-state index >= 15 is 0 Å². The van der Waals surface area contributed by atoms with Gasteiger partial charge in [-0.1, -0.05) is 32.1 Å². The zero-order chi connectivity index (χ0) is 21.2. The van der Waals surface area contributed by atoms with Crippen molar-refractivity contribution in [1.82, 2.24) is 4.90 Å². The molecule has 3 atom stereocenters. The van der Waals surface area contributed by atoms with Gasteiger partial charge < -0.3 is 14.7 Å². The molecule has 2 heterocycles. The maximum Gasteiger partial charge on any atom is 0.348 e. The van der Waals surface area contributed by atoms with Gasteiger partial charge in [-0.15, -0.1) is 23.2 Å². The number of likely N-dealkylation sites (tertiary alicyclic amines) is 1. The summed E-state index contributed by atoms with van der Waals surface area (Å²) in [6, 6.07) is 3.58. The Hall–Kier alpha value is -2.36. The van der Waals surface area contributed by atoms with Crippen molar-refractivity contribution in [3.63, 3.8) is 0 Å². The summed E-state index contributed by atoms with van der Waals surface area (Å²) in [7, 11) is 1.36. The highest BCUT2D eigenvalue weighted by Crippen LogP contribution is 2.22. The lowest BCUT2D eigenvalue weighted by Crippen LogP contribution is -2.32. The van der Waals surface area contributed by atoms with E-state index < -0.39 is 6.10 Å². The number of aliphatic hydroxyl groups is 1. The average Bonchev–Trinajstić information content (AvgIpc) is 3.33. The van der Waals surface area contributed by atoms with E-state index in [0.29, 0.717) is 24.3 Å². The lowest BCUT2D eigenvalue weighted by atomic mass is 10.00. The predicted octanol–water partition coefficient (Wildman–Crippen LogP) is 3.90. The summed E-state index contributed by atoms with van der Waals surface area (Å²) in [4.78, 5) is 27.1. The van der Waals surface area contributed by atoms with Crippen molar-refractivity contribution in [3.05, 3.63) is 40.1 Å². The van der Waals surface area contributed by atoms with Gasteiger partial charge in [-0.05, 0) is 30.5 Å². The van der Waals surface area contributed by atoms with Crippen LogP contribution in [-0.4, -0.2) is 47.7 Å². The molecule has 2 unspecified atom stereocenters. The Morgan fingerprint density at radius 3 is 2.97 bits per heavy atom. The molecule has 0 radical (unpaired) electrons. The molecule has 2 rings (SSSR count). The van der Waals surface area contributed by atoms with Crippen LogP contribution in [0.2, 0.25) is 0 Å². The fourth-order valence-electron chi connectivity index (χ4n) is 3.04. The first-order valence-corrected chi connectivity index (χ1v) is 10.7. The van der Waals surface area contributed by atoms with E-state index in [-0.39, 0.29) is 23.8 Å². The van der Waals surface area contributed by atoms with Crippen LogP contribution in [0.3, 0.4) is 0 Å². The van der Waals surface area contributed by atoms with E-state index in [1.807, 2.05) is 43.0 Å². The number of esters is 1. The Labute approximate surface area is 177 Å². The van der Waals surface area contributed by atoms with Crippen LogP contribution in [0.5, 0.6) is 0 Å². The summed E-state index contributed by atoms with van der Waals surface area (Å²) in [5, 5.41) is 10.3. The third-order valence-corrected chi connectivity index (χ3v) is 5.84. The molecule has 156 valence electrons. The number of nitrogens with zero attached hydrogens (tertiary/aromatic N) is 1. The van der Waals surface area contributed by atoms with Crippen molar-refractivity contribution in [2.24, 2.45) is 5.92 Å². The minimum Gasteiger partial charge on any atom is -0.465 e. The molecular formula is C23H29NO4S. The van der Waals surface area contributed by atoms with Crippen LogP contribution >= 0.6 is 11.3 Å². The summed E-state index contributed by atoms with van der Waals surface area (Å²) < 4.78 is 4.71. The van der Waals surface area contributed by atoms with Crippen molar-refractivity contribution in [3.8, 4) is 11.8 Å². The van der Waals surface area contributed by atoms with Crippen LogP contribution in [0.15, 0.2) is 30.4 Å². The summed E-state index contributed by atoms with van der Waals surface area (Å²) in [6.07, 6.45) is 9.74. The number of carbonyl (C=O) groups is 2. The van der Waals surface area contributed by atoms with Crippen LogP contribution in [0.4, 0.5) is 0 Å². The van der Waals surface area contributed by atoms with Crippen molar-refractivity contribution in [2.75, 3.05) is 13.7 Å². The van der Waals surface area contributed by atoms with Gasteiger partial charge in [0.25, 0.3) is 0 Å². The molecule has 0 bridgehead atoms. The quantitative estimate of drug-likeness (QED) is 0.397. The topological polar surface area (TPSA) is 66.8 Å². The highest BCUT2D eigenvalue weighted by molar-refractivity contribution is 7.14. The number of ether oxygens (including phenoxy) is 1. The second-order valence-electron chi connectivity index (χ2n) is 7.01. The number of carbonyl (C=O) groups excluding carboxylic acids is 2. The Kier molecular flexibility index (Phi) is 9.17. The summed E-state index contributed by atoms with van der Waals surface area (Å²) in [6.45, 7) is 4.47. The first kappa shape index (κ1) is 22.9. The number of hydrogen-bond acceptors (Lipinski definition) is 5. The summed E-state index contributed by atoms with van der Waals surface area (Å²) >= 11 is 1.35. The van der Waals surface area contributed by atoms with E-state index in [0.717, 1.165) is 17.7 Å². The van der Waals surface area contributed by atoms with Gasteiger partial charge in [-0.2, -0.15) is 0 Å². The standard InChI is InChI=1S/C23H29NO4S/c1-4-5-6-8-17(2)20(25)13-10-18-11-15-22(26)24(18)16-7-9-19-12-14-21(29-19)23(27)28-3/h7,9-10,12-14,17-18,20,25H,4,8,11,15-16H2,1-3H3/b9-7-,13-10+/t17?,18?,20-/m1/s1. The Bertz CT molecular complexity index is 814. The third kappa shape index (κ3) is 6.88. The van der Waals surface area contributed by atoms with E-state index in [2.05, 4.69) is 11.8 Å². The first-order valence-electron chi connectivity index (χ1n) is 9.92. The lowest BCUT2D eigenvalue weighted by Gasteiger charge is -2.21. The summed E-state index contributed by atoms with van der Waals surface area (Å²) in [5.74, 6) is 5.91. The fraction of sp³-hybridized carbons (Fsp3) is 0.478. The SMILES string of the molecule is CCC#CCC(C)[C@H](O)/C=C/C1CCC(=O)N1C/C=C\c1ccc(C(=O)OC)s1. The van der Waals surface area contributed by atoms with Crippen LogP contribution in [0.25, 0.3) is 6.08 Å². The van der Waals surface area contributed by atoms with Gasteiger partial charge in [-0.3, -0.25) is 4.79 Å². The van der Waals surface area contributed by atoms with Crippen LogP contribution in [-0.2, 0) is 9.53 Å². The van der Waals surface area contributed by atoms with Crippen molar-refractivity contribution in [1.29, 1.82) is 0 Å². The molecule has 1 saturated heterocycles. The molecule has 1 aromatic rings. The normalized spacial score (nSPS) is 18.8. The highest BCUT2D eigenvalue weighted by Gasteiger charge is 2.28. The molecule has 1 fully saturated rings. The average molecular weight is 416 g/mol. The number of aliphatic hydroxyl groups excluding tert-OH is 1. The van der Waals surface area contributed by atoms with Crippen LogP contribution in [0.1, 0.15) is 54.1 Å². The van der Waals surface area contributed by atoms with Gasteiger partial charge in [0.05, 0.1) is 19.3 Å². The van der Waals surface area contributed by atoms with E-state index in [9.17, 15) is 14.7 Å². The van der Waals surface area contributed by atoms with Crippen molar-refractivity contribution >= 4 is 29.3 Å². The number of methoxy groups -OCH3 is 1. The minimum absolute atomic E-state index is 0.00954.